The number of cyclic esters (lactones) is 1. The van der Waals surface area contributed by atoms with Crippen LogP contribution in [0.3, 0.4) is 0 Å². The molecular formula is C29H26INO8. The summed E-state index contributed by atoms with van der Waals surface area (Å²) in [5.74, 6) is 0.726. The molecule has 9 nitrogen and oxygen atoms in total. The molecule has 0 spiro atoms. The van der Waals surface area contributed by atoms with Crippen molar-refractivity contribution in [1.82, 2.24) is 5.32 Å². The third kappa shape index (κ3) is 4.30. The van der Waals surface area contributed by atoms with Crippen LogP contribution in [0.5, 0.6) is 28.7 Å². The van der Waals surface area contributed by atoms with Gasteiger partial charge in [0, 0.05) is 21.0 Å². The minimum atomic E-state index is -0.567. The highest BCUT2D eigenvalue weighted by molar-refractivity contribution is 14.1. The zero-order valence-electron chi connectivity index (χ0n) is 21.5. The summed E-state index contributed by atoms with van der Waals surface area (Å²) in [5, 5.41) is 3.19. The lowest BCUT2D eigenvalue weighted by atomic mass is 9.65. The number of halogens is 1. The van der Waals surface area contributed by atoms with E-state index in [0.29, 0.717) is 34.3 Å². The molecule has 10 heteroatoms. The summed E-state index contributed by atoms with van der Waals surface area (Å²) < 4.78 is 34.8. The van der Waals surface area contributed by atoms with Gasteiger partial charge in [-0.1, -0.05) is 0 Å². The van der Waals surface area contributed by atoms with E-state index >= 15 is 0 Å². The Labute approximate surface area is 238 Å². The first-order chi connectivity index (χ1) is 18.9. The number of nitrogens with one attached hydrogen (secondary N) is 1. The minimum absolute atomic E-state index is 0.0989. The van der Waals surface area contributed by atoms with Crippen molar-refractivity contribution in [2.75, 3.05) is 34.7 Å². The van der Waals surface area contributed by atoms with Gasteiger partial charge in [-0.15, -0.1) is 0 Å². The van der Waals surface area contributed by atoms with Crippen LogP contribution in [0.15, 0.2) is 48.5 Å². The van der Waals surface area contributed by atoms with Crippen LogP contribution in [-0.4, -0.2) is 46.6 Å². The third-order valence-corrected chi connectivity index (χ3v) is 8.35. The molecule has 1 saturated heterocycles. The number of fused-ring (bicyclic) bond motifs is 3. The highest BCUT2D eigenvalue weighted by atomic mass is 127. The highest BCUT2D eigenvalue weighted by Crippen LogP contribution is 2.55. The molecule has 0 unspecified atom stereocenters. The van der Waals surface area contributed by atoms with Gasteiger partial charge in [0.1, 0.15) is 0 Å². The van der Waals surface area contributed by atoms with Crippen molar-refractivity contribution in [2.45, 2.75) is 12.0 Å². The molecule has 39 heavy (non-hydrogen) atoms. The maximum atomic E-state index is 13.4. The molecule has 202 valence electrons. The molecule has 0 aromatic heterocycles. The number of amides is 1. The van der Waals surface area contributed by atoms with E-state index in [1.807, 2.05) is 36.4 Å². The standard InChI is InChI=1S/C29H26INO8/c1-34-22-8-15(9-23(35-2)27(22)36-3)24-17-10-20-21(39-13-38-20)11-18(17)26(19-12-37-29(33)25(19)24)31-28(32)14-4-6-16(30)7-5-14/h4-11,19,24-26H,12-13H2,1-3H3,(H,31,32)/t19-,24+,25-,26+/m0/s1. The van der Waals surface area contributed by atoms with E-state index in [4.69, 9.17) is 28.4 Å². The van der Waals surface area contributed by atoms with Crippen LogP contribution in [0.4, 0.5) is 0 Å². The van der Waals surface area contributed by atoms with Crippen molar-refractivity contribution in [1.29, 1.82) is 0 Å². The molecule has 2 aliphatic heterocycles. The minimum Gasteiger partial charge on any atom is -0.493 e. The summed E-state index contributed by atoms with van der Waals surface area (Å²) in [6.45, 7) is 0.275. The van der Waals surface area contributed by atoms with Gasteiger partial charge in [0.15, 0.2) is 23.0 Å². The van der Waals surface area contributed by atoms with Gasteiger partial charge < -0.3 is 33.7 Å². The van der Waals surface area contributed by atoms with Crippen LogP contribution in [0.25, 0.3) is 0 Å². The van der Waals surface area contributed by atoms with Crippen molar-refractivity contribution in [3.05, 3.63) is 74.4 Å². The number of ether oxygens (including phenoxy) is 6. The van der Waals surface area contributed by atoms with Gasteiger partial charge in [-0.05, 0) is 87.8 Å². The Morgan fingerprint density at radius 1 is 0.897 bits per heavy atom. The molecular weight excluding hydrogens is 617 g/mol. The number of carbonyl (C=O) groups excluding carboxylic acids is 2. The average Bonchev–Trinajstić information content (AvgIpc) is 3.57. The van der Waals surface area contributed by atoms with E-state index in [1.165, 1.54) is 0 Å². The summed E-state index contributed by atoms with van der Waals surface area (Å²) in [6.07, 6.45) is 0. The fourth-order valence-corrected chi connectivity index (χ4v) is 6.21. The van der Waals surface area contributed by atoms with Crippen molar-refractivity contribution in [2.24, 2.45) is 11.8 Å². The second-order valence-electron chi connectivity index (χ2n) is 9.55. The predicted octanol–water partition coefficient (Wildman–Crippen LogP) is 4.45. The molecule has 2 heterocycles. The molecule has 3 aromatic rings. The molecule has 0 radical (unpaired) electrons. The number of benzene rings is 3. The first kappa shape index (κ1) is 25.6. The number of carbonyl (C=O) groups is 2. The monoisotopic (exact) mass is 643 g/mol. The molecule has 3 aliphatic rings. The van der Waals surface area contributed by atoms with Crippen molar-refractivity contribution in [3.8, 4) is 28.7 Å². The summed E-state index contributed by atoms with van der Waals surface area (Å²) in [6, 6.07) is 14.4. The Balaban J connectivity index is 1.51. The SMILES string of the molecule is COc1cc([C@@H]2c3cc4c(cc3[C@@H](NC(=O)c3ccc(I)cc3)[C@H]3COC(=O)[C@H]23)OCO4)cc(OC)c1OC. The zero-order valence-corrected chi connectivity index (χ0v) is 23.6. The molecule has 1 N–H and O–H groups in total. The van der Waals surface area contributed by atoms with Crippen LogP contribution in [0.2, 0.25) is 0 Å². The second-order valence-corrected chi connectivity index (χ2v) is 10.8. The third-order valence-electron chi connectivity index (χ3n) is 7.63. The Kier molecular flexibility index (Phi) is 6.66. The topological polar surface area (TPSA) is 102 Å². The number of rotatable bonds is 6. The first-order valence-electron chi connectivity index (χ1n) is 12.4. The summed E-state index contributed by atoms with van der Waals surface area (Å²) in [5.41, 5.74) is 3.00. The van der Waals surface area contributed by atoms with Gasteiger partial charge in [0.2, 0.25) is 12.5 Å². The Morgan fingerprint density at radius 3 is 2.15 bits per heavy atom. The maximum Gasteiger partial charge on any atom is 0.310 e. The molecule has 0 bridgehead atoms. The number of hydrogen-bond donors (Lipinski definition) is 1. The summed E-state index contributed by atoms with van der Waals surface area (Å²) in [7, 11) is 4.65. The van der Waals surface area contributed by atoms with Crippen molar-refractivity contribution < 1.29 is 38.0 Å². The van der Waals surface area contributed by atoms with E-state index in [0.717, 1.165) is 20.3 Å². The Morgan fingerprint density at radius 2 is 1.54 bits per heavy atom. The molecule has 4 atom stereocenters. The van der Waals surface area contributed by atoms with Crippen molar-refractivity contribution in [3.63, 3.8) is 0 Å². The van der Waals surface area contributed by atoms with Crippen LogP contribution >= 0.6 is 22.6 Å². The lowest BCUT2D eigenvalue weighted by Crippen LogP contribution is -2.42. The van der Waals surface area contributed by atoms with Gasteiger partial charge in [0.05, 0.1) is 39.9 Å². The van der Waals surface area contributed by atoms with Crippen LogP contribution in [0.1, 0.15) is 39.0 Å². The van der Waals surface area contributed by atoms with Gasteiger partial charge in [0.25, 0.3) is 5.91 Å². The van der Waals surface area contributed by atoms with Gasteiger partial charge in [-0.25, -0.2) is 0 Å². The van der Waals surface area contributed by atoms with Crippen LogP contribution < -0.4 is 29.0 Å². The molecule has 3 aromatic carbocycles. The average molecular weight is 643 g/mol. The maximum absolute atomic E-state index is 13.4. The fraction of sp³-hybridized carbons (Fsp3) is 0.310. The largest absolute Gasteiger partial charge is 0.493 e. The van der Waals surface area contributed by atoms with Gasteiger partial charge >= 0.3 is 5.97 Å². The van der Waals surface area contributed by atoms with Crippen LogP contribution in [0, 0.1) is 15.4 Å². The summed E-state index contributed by atoms with van der Waals surface area (Å²) in [4.78, 5) is 26.7. The van der Waals surface area contributed by atoms with Crippen LogP contribution in [-0.2, 0) is 9.53 Å². The molecule has 1 amide bonds. The molecule has 1 aliphatic carbocycles. The Bertz CT molecular complexity index is 1430. The number of methoxy groups -OCH3 is 3. The lowest BCUT2D eigenvalue weighted by Gasteiger charge is -2.39. The fourth-order valence-electron chi connectivity index (χ4n) is 5.85. The number of hydrogen-bond acceptors (Lipinski definition) is 8. The van der Waals surface area contributed by atoms with E-state index in [9.17, 15) is 9.59 Å². The van der Waals surface area contributed by atoms with Crippen molar-refractivity contribution >= 4 is 34.5 Å². The zero-order chi connectivity index (χ0) is 27.3. The highest BCUT2D eigenvalue weighted by Gasteiger charge is 2.53. The van der Waals surface area contributed by atoms with E-state index < -0.39 is 17.9 Å². The smallest absolute Gasteiger partial charge is 0.310 e. The Hall–Kier alpha value is -3.67. The molecule has 1 fully saturated rings. The quantitative estimate of drug-likeness (QED) is 0.311. The lowest BCUT2D eigenvalue weighted by molar-refractivity contribution is -0.141. The normalized spacial score (nSPS) is 22.4. The number of esters is 1. The first-order valence-corrected chi connectivity index (χ1v) is 13.5. The second kappa shape index (κ2) is 10.1. The summed E-state index contributed by atoms with van der Waals surface area (Å²) >= 11 is 2.20. The van der Waals surface area contributed by atoms with E-state index in [2.05, 4.69) is 27.9 Å². The van der Waals surface area contributed by atoms with E-state index in [1.54, 1.807) is 33.5 Å². The molecule has 6 rings (SSSR count). The van der Waals surface area contributed by atoms with Gasteiger partial charge in [-0.2, -0.15) is 0 Å². The molecule has 0 saturated carbocycles. The van der Waals surface area contributed by atoms with Gasteiger partial charge in [-0.3, -0.25) is 9.59 Å². The van der Waals surface area contributed by atoms with E-state index in [-0.39, 0.29) is 31.2 Å². The predicted molar refractivity (Wildman–Crippen MR) is 148 cm³/mol.